The first kappa shape index (κ1) is 8.77. The van der Waals surface area contributed by atoms with E-state index in [2.05, 4.69) is 4.98 Å². The summed E-state index contributed by atoms with van der Waals surface area (Å²) >= 11 is 0. The summed E-state index contributed by atoms with van der Waals surface area (Å²) in [5.41, 5.74) is 0.223. The van der Waals surface area contributed by atoms with Crippen molar-refractivity contribution in [1.29, 1.82) is 0 Å². The van der Waals surface area contributed by atoms with Crippen molar-refractivity contribution >= 4 is 5.97 Å². The third kappa shape index (κ3) is 2.08. The van der Waals surface area contributed by atoms with Crippen molar-refractivity contribution < 1.29 is 13.9 Å². The molecule has 1 rings (SSSR count). The molecule has 0 amide bonds. The van der Waals surface area contributed by atoms with Gasteiger partial charge in [-0.25, -0.2) is 9.78 Å². The van der Waals surface area contributed by atoms with Gasteiger partial charge >= 0.3 is 5.97 Å². The minimum atomic E-state index is -0.443. The summed E-state index contributed by atoms with van der Waals surface area (Å²) in [4.78, 5) is 14.9. The lowest BCUT2D eigenvalue weighted by atomic mass is 10.4. The summed E-state index contributed by atoms with van der Waals surface area (Å²) in [5, 5.41) is 0. The van der Waals surface area contributed by atoms with Crippen molar-refractivity contribution in [3.63, 3.8) is 0 Å². The van der Waals surface area contributed by atoms with Gasteiger partial charge in [0.15, 0.2) is 11.6 Å². The first-order chi connectivity index (χ1) is 5.59. The number of esters is 1. The molecule has 12 heavy (non-hydrogen) atoms. The molecule has 4 heteroatoms. The van der Waals surface area contributed by atoms with Crippen LogP contribution in [0.4, 0.5) is 0 Å². The van der Waals surface area contributed by atoms with Crippen LogP contribution < -0.4 is 0 Å². The number of rotatable bonds is 2. The summed E-state index contributed by atoms with van der Waals surface area (Å²) in [5.74, 6) is 0.0209. The molecule has 0 radical (unpaired) electrons. The SMILES string of the molecule is Cc1nc(C(=O)OC(C)C)co1. The van der Waals surface area contributed by atoms with E-state index in [1.165, 1.54) is 6.26 Å². The van der Waals surface area contributed by atoms with Crippen LogP contribution in [0.25, 0.3) is 0 Å². The number of carbonyl (C=O) groups excluding carboxylic acids is 1. The molecule has 0 aliphatic heterocycles. The topological polar surface area (TPSA) is 52.3 Å². The molecule has 0 fully saturated rings. The van der Waals surface area contributed by atoms with Crippen molar-refractivity contribution in [2.24, 2.45) is 0 Å². The summed E-state index contributed by atoms with van der Waals surface area (Å²) in [6.45, 7) is 5.24. The Bertz CT molecular complexity index is 278. The van der Waals surface area contributed by atoms with Crippen LogP contribution in [-0.2, 0) is 4.74 Å². The molecule has 0 saturated carbocycles. The van der Waals surface area contributed by atoms with Crippen molar-refractivity contribution in [1.82, 2.24) is 4.98 Å². The molecule has 0 bridgehead atoms. The van der Waals surface area contributed by atoms with Crippen LogP contribution >= 0.6 is 0 Å². The number of hydrogen-bond donors (Lipinski definition) is 0. The molecule has 0 aromatic carbocycles. The Labute approximate surface area is 70.5 Å². The van der Waals surface area contributed by atoms with Crippen molar-refractivity contribution in [3.05, 3.63) is 17.8 Å². The van der Waals surface area contributed by atoms with Gasteiger partial charge in [-0.3, -0.25) is 0 Å². The molecule has 0 spiro atoms. The molecule has 0 aliphatic rings. The van der Waals surface area contributed by atoms with Gasteiger partial charge in [-0.1, -0.05) is 0 Å². The highest BCUT2D eigenvalue weighted by Gasteiger charge is 2.12. The molecule has 0 unspecified atom stereocenters. The third-order valence-electron chi connectivity index (χ3n) is 1.17. The van der Waals surface area contributed by atoms with E-state index < -0.39 is 5.97 Å². The maximum atomic E-state index is 11.1. The van der Waals surface area contributed by atoms with Crippen LogP contribution in [-0.4, -0.2) is 17.1 Å². The zero-order valence-corrected chi connectivity index (χ0v) is 7.33. The predicted octanol–water partition coefficient (Wildman–Crippen LogP) is 1.55. The standard InChI is InChI=1S/C8H11NO3/c1-5(2)12-8(10)7-4-11-6(3)9-7/h4-5H,1-3H3. The Hall–Kier alpha value is -1.32. The van der Waals surface area contributed by atoms with Gasteiger partial charge in [0.05, 0.1) is 6.10 Å². The zero-order chi connectivity index (χ0) is 9.14. The zero-order valence-electron chi connectivity index (χ0n) is 7.33. The fourth-order valence-corrected chi connectivity index (χ4v) is 0.732. The molecule has 4 nitrogen and oxygen atoms in total. The molecule has 0 atom stereocenters. The average Bonchev–Trinajstić information content (AvgIpc) is 2.34. The summed E-state index contributed by atoms with van der Waals surface area (Å²) in [6.07, 6.45) is 1.16. The quantitative estimate of drug-likeness (QED) is 0.630. The Balaban J connectivity index is 2.65. The monoisotopic (exact) mass is 169 g/mol. The largest absolute Gasteiger partial charge is 0.458 e. The number of hydrogen-bond acceptors (Lipinski definition) is 4. The number of ether oxygens (including phenoxy) is 1. The molecular weight excluding hydrogens is 158 g/mol. The summed E-state index contributed by atoms with van der Waals surface area (Å²) in [6, 6.07) is 0. The van der Waals surface area contributed by atoms with Crippen molar-refractivity contribution in [2.75, 3.05) is 0 Å². The van der Waals surface area contributed by atoms with Gasteiger partial charge < -0.3 is 9.15 Å². The maximum Gasteiger partial charge on any atom is 0.360 e. The average molecular weight is 169 g/mol. The van der Waals surface area contributed by atoms with Crippen LogP contribution in [0.3, 0.4) is 0 Å². The molecule has 1 aromatic rings. The second-order valence-electron chi connectivity index (χ2n) is 2.71. The lowest BCUT2D eigenvalue weighted by molar-refractivity contribution is 0.0371. The molecular formula is C8H11NO3. The molecule has 1 aromatic heterocycles. The predicted molar refractivity (Wildman–Crippen MR) is 41.8 cm³/mol. The van der Waals surface area contributed by atoms with E-state index in [9.17, 15) is 4.79 Å². The van der Waals surface area contributed by atoms with E-state index in [1.807, 2.05) is 0 Å². The van der Waals surface area contributed by atoms with E-state index in [0.717, 1.165) is 0 Å². The number of nitrogens with zero attached hydrogens (tertiary/aromatic N) is 1. The van der Waals surface area contributed by atoms with Gasteiger partial charge in [-0.15, -0.1) is 0 Å². The van der Waals surface area contributed by atoms with Gasteiger partial charge in [0.1, 0.15) is 6.26 Å². The molecule has 1 heterocycles. The Morgan fingerprint density at radius 2 is 2.33 bits per heavy atom. The van der Waals surface area contributed by atoms with Crippen molar-refractivity contribution in [2.45, 2.75) is 26.9 Å². The minimum Gasteiger partial charge on any atom is -0.458 e. The Morgan fingerprint density at radius 3 is 2.75 bits per heavy atom. The van der Waals surface area contributed by atoms with Crippen LogP contribution in [0, 0.1) is 6.92 Å². The highest BCUT2D eigenvalue weighted by Crippen LogP contribution is 2.03. The van der Waals surface area contributed by atoms with E-state index in [-0.39, 0.29) is 11.8 Å². The minimum absolute atomic E-state index is 0.130. The number of carbonyl (C=O) groups is 1. The second kappa shape index (κ2) is 3.38. The molecule has 0 N–H and O–H groups in total. The normalized spacial score (nSPS) is 10.3. The van der Waals surface area contributed by atoms with Gasteiger partial charge in [-0.2, -0.15) is 0 Å². The van der Waals surface area contributed by atoms with E-state index in [0.29, 0.717) is 5.89 Å². The van der Waals surface area contributed by atoms with Gasteiger partial charge in [0.2, 0.25) is 0 Å². The first-order valence-corrected chi connectivity index (χ1v) is 3.72. The fourth-order valence-electron chi connectivity index (χ4n) is 0.732. The lowest BCUT2D eigenvalue weighted by Crippen LogP contribution is -2.11. The maximum absolute atomic E-state index is 11.1. The first-order valence-electron chi connectivity index (χ1n) is 3.72. The van der Waals surface area contributed by atoms with Crippen LogP contribution in [0.2, 0.25) is 0 Å². The summed E-state index contributed by atoms with van der Waals surface area (Å²) in [7, 11) is 0. The van der Waals surface area contributed by atoms with Gasteiger partial charge in [-0.05, 0) is 13.8 Å². The molecule has 66 valence electrons. The molecule has 0 saturated heterocycles. The number of aromatic nitrogens is 1. The highest BCUT2D eigenvalue weighted by molar-refractivity contribution is 5.86. The summed E-state index contributed by atoms with van der Waals surface area (Å²) < 4.78 is 9.74. The van der Waals surface area contributed by atoms with E-state index >= 15 is 0 Å². The number of aryl methyl sites for hydroxylation is 1. The number of oxazole rings is 1. The Kier molecular flexibility index (Phi) is 2.47. The van der Waals surface area contributed by atoms with E-state index in [1.54, 1.807) is 20.8 Å². The Morgan fingerprint density at radius 1 is 1.67 bits per heavy atom. The van der Waals surface area contributed by atoms with Crippen LogP contribution in [0.1, 0.15) is 30.2 Å². The third-order valence-corrected chi connectivity index (χ3v) is 1.17. The van der Waals surface area contributed by atoms with E-state index in [4.69, 9.17) is 9.15 Å². The highest BCUT2D eigenvalue weighted by atomic mass is 16.5. The lowest BCUT2D eigenvalue weighted by Gasteiger charge is -2.04. The smallest absolute Gasteiger partial charge is 0.360 e. The second-order valence-corrected chi connectivity index (χ2v) is 2.71. The van der Waals surface area contributed by atoms with Gasteiger partial charge in [0, 0.05) is 6.92 Å². The van der Waals surface area contributed by atoms with Crippen LogP contribution in [0.15, 0.2) is 10.7 Å². The van der Waals surface area contributed by atoms with Crippen molar-refractivity contribution in [3.8, 4) is 0 Å². The molecule has 0 aliphatic carbocycles. The van der Waals surface area contributed by atoms with Crippen LogP contribution in [0.5, 0.6) is 0 Å². The van der Waals surface area contributed by atoms with Gasteiger partial charge in [0.25, 0.3) is 0 Å². The fraction of sp³-hybridized carbons (Fsp3) is 0.500.